The quantitative estimate of drug-likeness (QED) is 0.732. The van der Waals surface area contributed by atoms with Crippen molar-refractivity contribution < 1.29 is 4.79 Å². The highest BCUT2D eigenvalue weighted by molar-refractivity contribution is 9.10. The van der Waals surface area contributed by atoms with Gasteiger partial charge in [-0.15, -0.1) is 0 Å². The van der Waals surface area contributed by atoms with E-state index in [9.17, 15) is 4.79 Å². The predicted octanol–water partition coefficient (Wildman–Crippen LogP) is 2.61. The van der Waals surface area contributed by atoms with E-state index in [2.05, 4.69) is 20.9 Å². The van der Waals surface area contributed by atoms with Crippen molar-refractivity contribution in [3.05, 3.63) is 34.2 Å². The highest BCUT2D eigenvalue weighted by Gasteiger charge is 2.09. The third-order valence-electron chi connectivity index (χ3n) is 2.02. The van der Waals surface area contributed by atoms with Crippen LogP contribution in [0.15, 0.2) is 22.9 Å². The molecular weight excluding hydrogens is 244 g/mol. The Labute approximate surface area is 89.9 Å². The Morgan fingerprint density at radius 2 is 2.21 bits per heavy atom. The minimum atomic E-state index is 0.0295. The number of Topliss-reactive ketones (excluding diaryl/α,β-unsaturated/α-hetero) is 1. The number of nitrogens with zero attached hydrogens (tertiary/aromatic N) is 2. The number of aromatic nitrogens is 2. The van der Waals surface area contributed by atoms with Gasteiger partial charge < -0.3 is 4.40 Å². The zero-order valence-corrected chi connectivity index (χ0v) is 9.50. The second-order valence-corrected chi connectivity index (χ2v) is 4.16. The molecule has 2 aromatic rings. The van der Waals surface area contributed by atoms with Crippen LogP contribution >= 0.6 is 15.9 Å². The number of hydrogen-bond donors (Lipinski definition) is 0. The van der Waals surface area contributed by atoms with Gasteiger partial charge in [0.15, 0.2) is 5.78 Å². The molecule has 0 aromatic carbocycles. The average molecular weight is 253 g/mol. The van der Waals surface area contributed by atoms with Crippen LogP contribution in [-0.4, -0.2) is 15.2 Å². The van der Waals surface area contributed by atoms with Crippen LogP contribution in [0.25, 0.3) is 5.65 Å². The maximum absolute atomic E-state index is 11.3. The van der Waals surface area contributed by atoms with Crippen LogP contribution < -0.4 is 0 Å². The molecule has 4 heteroatoms. The van der Waals surface area contributed by atoms with E-state index in [0.717, 1.165) is 15.8 Å². The molecule has 0 aliphatic rings. The first-order valence-electron chi connectivity index (χ1n) is 4.24. The molecule has 0 fully saturated rings. The van der Waals surface area contributed by atoms with Gasteiger partial charge in [0.2, 0.25) is 0 Å². The summed E-state index contributed by atoms with van der Waals surface area (Å²) in [6.45, 7) is 3.45. The third kappa shape index (κ3) is 1.46. The molecule has 0 saturated carbocycles. The zero-order chi connectivity index (χ0) is 10.3. The third-order valence-corrected chi connectivity index (χ3v) is 2.45. The van der Waals surface area contributed by atoms with Crippen LogP contribution in [0, 0.1) is 6.92 Å². The molecule has 0 radical (unpaired) electrons. The highest BCUT2D eigenvalue weighted by atomic mass is 79.9. The van der Waals surface area contributed by atoms with Crippen molar-refractivity contribution in [1.82, 2.24) is 9.38 Å². The molecule has 0 N–H and O–H groups in total. The minimum absolute atomic E-state index is 0.0295. The van der Waals surface area contributed by atoms with Crippen molar-refractivity contribution in [2.24, 2.45) is 0 Å². The number of rotatable bonds is 1. The Hall–Kier alpha value is -1.16. The van der Waals surface area contributed by atoms with Gasteiger partial charge >= 0.3 is 0 Å². The number of carbonyl (C=O) groups excluding carboxylic acids is 1. The number of carbonyl (C=O) groups is 1. The molecule has 0 bridgehead atoms. The lowest BCUT2D eigenvalue weighted by Crippen LogP contribution is -1.97. The molecule has 0 amide bonds. The lowest BCUT2D eigenvalue weighted by molar-refractivity contribution is 0.101. The van der Waals surface area contributed by atoms with Gasteiger partial charge in [-0.1, -0.05) is 0 Å². The van der Waals surface area contributed by atoms with Gasteiger partial charge in [-0.2, -0.15) is 0 Å². The molecule has 0 unspecified atom stereocenters. The van der Waals surface area contributed by atoms with Crippen LogP contribution in [0.1, 0.15) is 23.0 Å². The Bertz CT molecular complexity index is 516. The van der Waals surface area contributed by atoms with E-state index in [1.165, 1.54) is 0 Å². The van der Waals surface area contributed by atoms with Crippen molar-refractivity contribution in [3.8, 4) is 0 Å². The predicted molar refractivity (Wildman–Crippen MR) is 57.6 cm³/mol. The lowest BCUT2D eigenvalue weighted by Gasteiger charge is -2.00. The van der Waals surface area contributed by atoms with Crippen molar-refractivity contribution in [3.63, 3.8) is 0 Å². The van der Waals surface area contributed by atoms with E-state index in [1.807, 2.05) is 23.7 Å². The number of halogens is 1. The normalized spacial score (nSPS) is 10.8. The summed E-state index contributed by atoms with van der Waals surface area (Å²) in [6, 6.07) is 1.80. The van der Waals surface area contributed by atoms with E-state index in [-0.39, 0.29) is 5.78 Å². The van der Waals surface area contributed by atoms with Gasteiger partial charge in [-0.3, -0.25) is 4.79 Å². The molecular formula is C10H9BrN2O. The van der Waals surface area contributed by atoms with E-state index < -0.39 is 0 Å². The van der Waals surface area contributed by atoms with Crippen molar-refractivity contribution in [1.29, 1.82) is 0 Å². The first-order chi connectivity index (χ1) is 6.58. The second kappa shape index (κ2) is 3.20. The topological polar surface area (TPSA) is 34.4 Å². The van der Waals surface area contributed by atoms with E-state index in [0.29, 0.717) is 5.56 Å². The van der Waals surface area contributed by atoms with Gasteiger partial charge in [0.25, 0.3) is 0 Å². The van der Waals surface area contributed by atoms with E-state index >= 15 is 0 Å². The highest BCUT2D eigenvalue weighted by Crippen LogP contribution is 2.18. The van der Waals surface area contributed by atoms with Gasteiger partial charge in [0, 0.05) is 16.9 Å². The molecule has 2 rings (SSSR count). The molecule has 0 aliphatic heterocycles. The summed E-state index contributed by atoms with van der Waals surface area (Å²) in [6.07, 6.45) is 3.79. The number of pyridine rings is 1. The summed E-state index contributed by atoms with van der Waals surface area (Å²) >= 11 is 3.36. The minimum Gasteiger partial charge on any atom is -0.305 e. The summed E-state index contributed by atoms with van der Waals surface area (Å²) < 4.78 is 2.74. The van der Waals surface area contributed by atoms with Gasteiger partial charge in [-0.05, 0) is 35.8 Å². The zero-order valence-electron chi connectivity index (χ0n) is 7.91. The van der Waals surface area contributed by atoms with Crippen LogP contribution in [0.4, 0.5) is 0 Å². The summed E-state index contributed by atoms with van der Waals surface area (Å²) in [5, 5.41) is 0. The number of hydrogen-bond acceptors (Lipinski definition) is 2. The maximum Gasteiger partial charge on any atom is 0.163 e. The van der Waals surface area contributed by atoms with Gasteiger partial charge in [-0.25, -0.2) is 4.98 Å². The van der Waals surface area contributed by atoms with Crippen LogP contribution in [0.2, 0.25) is 0 Å². The maximum atomic E-state index is 11.3. The van der Waals surface area contributed by atoms with Crippen LogP contribution in [0.5, 0.6) is 0 Å². The standard InChI is InChI=1S/C10H9BrN2O/c1-6-4-13-5-8(11)3-9(7(2)14)10(13)12-6/h3-5H,1-2H3. The summed E-state index contributed by atoms with van der Waals surface area (Å²) in [5.74, 6) is 0.0295. The van der Waals surface area contributed by atoms with E-state index in [1.54, 1.807) is 13.0 Å². The molecule has 0 aliphatic carbocycles. The van der Waals surface area contributed by atoms with Crippen LogP contribution in [0.3, 0.4) is 0 Å². The molecule has 2 heterocycles. The van der Waals surface area contributed by atoms with E-state index in [4.69, 9.17) is 0 Å². The first kappa shape index (κ1) is 9.40. The van der Waals surface area contributed by atoms with Crippen LogP contribution in [-0.2, 0) is 0 Å². The Morgan fingerprint density at radius 3 is 2.86 bits per heavy atom. The molecule has 2 aromatic heterocycles. The summed E-state index contributed by atoms with van der Waals surface area (Å²) in [7, 11) is 0. The fourth-order valence-corrected chi connectivity index (χ4v) is 1.89. The molecule has 0 spiro atoms. The summed E-state index contributed by atoms with van der Waals surface area (Å²) in [5.41, 5.74) is 2.27. The molecule has 14 heavy (non-hydrogen) atoms. The fraction of sp³-hybridized carbons (Fsp3) is 0.200. The molecule has 0 atom stereocenters. The van der Waals surface area contributed by atoms with Gasteiger partial charge in [0.1, 0.15) is 5.65 Å². The Morgan fingerprint density at radius 1 is 1.50 bits per heavy atom. The molecule has 3 nitrogen and oxygen atoms in total. The smallest absolute Gasteiger partial charge is 0.163 e. The van der Waals surface area contributed by atoms with Crippen molar-refractivity contribution >= 4 is 27.4 Å². The number of fused-ring (bicyclic) bond motifs is 1. The molecule has 0 saturated heterocycles. The Kier molecular flexibility index (Phi) is 2.15. The number of ketones is 1. The Balaban J connectivity index is 2.85. The fourth-order valence-electron chi connectivity index (χ4n) is 1.45. The largest absolute Gasteiger partial charge is 0.305 e. The number of aryl methyl sites for hydroxylation is 1. The van der Waals surface area contributed by atoms with Crippen molar-refractivity contribution in [2.45, 2.75) is 13.8 Å². The SMILES string of the molecule is CC(=O)c1cc(Br)cn2cc(C)nc12. The lowest BCUT2D eigenvalue weighted by atomic mass is 10.2. The monoisotopic (exact) mass is 252 g/mol. The average Bonchev–Trinajstić information content (AvgIpc) is 2.42. The summed E-state index contributed by atoms with van der Waals surface area (Å²) in [4.78, 5) is 15.6. The van der Waals surface area contributed by atoms with Gasteiger partial charge in [0.05, 0.1) is 11.3 Å². The molecule has 72 valence electrons. The second-order valence-electron chi connectivity index (χ2n) is 3.24. The first-order valence-corrected chi connectivity index (χ1v) is 5.03. The van der Waals surface area contributed by atoms with Crippen molar-refractivity contribution in [2.75, 3.05) is 0 Å². The number of imidazole rings is 1.